The summed E-state index contributed by atoms with van der Waals surface area (Å²) in [7, 11) is 0. The molecule has 1 amide bonds. The van der Waals surface area contributed by atoms with Crippen molar-refractivity contribution in [1.82, 2.24) is 10.8 Å². The van der Waals surface area contributed by atoms with Crippen LogP contribution >= 0.6 is 23.2 Å². The van der Waals surface area contributed by atoms with Crippen molar-refractivity contribution in [1.29, 1.82) is 0 Å². The van der Waals surface area contributed by atoms with Gasteiger partial charge in [-0.15, -0.1) is 0 Å². The average Bonchev–Trinajstić information content (AvgIpc) is 3.66. The Morgan fingerprint density at radius 1 is 1.07 bits per heavy atom. The maximum absolute atomic E-state index is 12.9. The molecule has 2 aliphatic heterocycles. The Kier molecular flexibility index (Phi) is 11.0. The summed E-state index contributed by atoms with van der Waals surface area (Å²) >= 11 is 12.1. The number of hydroxylamine groups is 1. The Hall–Kier alpha value is -3.11. The second kappa shape index (κ2) is 14.8. The molecule has 0 unspecified atom stereocenters. The van der Waals surface area contributed by atoms with Gasteiger partial charge >= 0.3 is 0 Å². The largest absolute Gasteiger partial charge is 0.454 e. The van der Waals surface area contributed by atoms with Gasteiger partial charge in [-0.1, -0.05) is 42.3 Å². The van der Waals surface area contributed by atoms with Gasteiger partial charge in [-0.25, -0.2) is 0 Å². The standard InChI is InChI=1S/C31H37Cl2N3O10/c1-3-20(36-44-12-16-5-6-17(32)10-18(16)33)28-21(37)11-23(46-28)45-22-7-4-15(9-19(22)34)8-14(2)31(41)35-24-25(38)27(40)30-29(26(24)39)42-13-43-30/h4-10,21,23-27,29-30,36-40H,3,11-13,34H2,1-2H3,(H,35,41)/t21-,23+,24+,25-,26+,27+,29-,30+/m0/s1. The zero-order valence-electron chi connectivity index (χ0n) is 25.1. The van der Waals surface area contributed by atoms with E-state index in [4.69, 9.17) is 52.7 Å². The summed E-state index contributed by atoms with van der Waals surface area (Å²) in [5.41, 5.74) is 11.4. The molecule has 2 heterocycles. The Balaban J connectivity index is 1.18. The third-order valence-corrected chi connectivity index (χ3v) is 8.59. The lowest BCUT2D eigenvalue weighted by atomic mass is 9.83. The molecule has 8 atom stereocenters. The average molecular weight is 683 g/mol. The number of hydrogen-bond donors (Lipinski definition) is 7. The Bertz CT molecular complexity index is 1490. The van der Waals surface area contributed by atoms with Crippen molar-refractivity contribution in [2.45, 2.75) is 82.3 Å². The molecule has 13 nitrogen and oxygen atoms in total. The fourth-order valence-electron chi connectivity index (χ4n) is 5.48. The minimum absolute atomic E-state index is 0.129. The van der Waals surface area contributed by atoms with Gasteiger partial charge in [0.15, 0.2) is 5.76 Å². The van der Waals surface area contributed by atoms with Crippen molar-refractivity contribution in [2.75, 3.05) is 12.5 Å². The summed E-state index contributed by atoms with van der Waals surface area (Å²) in [6.45, 7) is 3.46. The van der Waals surface area contributed by atoms with E-state index in [0.717, 1.165) is 5.56 Å². The number of fused-ring (bicyclic) bond motifs is 1. The minimum atomic E-state index is -1.46. The SMILES string of the molecule is CCC(NOCc1ccc(Cl)cc1Cl)=C1O[C@@H](Oc2ccc(C=C(C)C(=O)N[C@@H]3[C@H](O)[C@@H](O)[C@H]4OCO[C@H]4[C@@H]3O)cc2N)C[C@@H]1O. The van der Waals surface area contributed by atoms with Gasteiger partial charge in [0.1, 0.15) is 55.8 Å². The van der Waals surface area contributed by atoms with Crippen LogP contribution in [0.2, 0.25) is 10.0 Å². The molecule has 250 valence electrons. The molecule has 3 aliphatic rings. The van der Waals surface area contributed by atoms with E-state index in [1.54, 1.807) is 49.4 Å². The van der Waals surface area contributed by atoms with E-state index in [-0.39, 0.29) is 36.8 Å². The van der Waals surface area contributed by atoms with Crippen LogP contribution in [0.4, 0.5) is 5.69 Å². The first-order chi connectivity index (χ1) is 22.0. The smallest absolute Gasteiger partial charge is 0.247 e. The highest BCUT2D eigenvalue weighted by molar-refractivity contribution is 6.35. The second-order valence-corrected chi connectivity index (χ2v) is 12.1. The first kappa shape index (κ1) is 34.2. The van der Waals surface area contributed by atoms with E-state index < -0.39 is 54.9 Å². The highest BCUT2D eigenvalue weighted by Crippen LogP contribution is 2.33. The van der Waals surface area contributed by atoms with E-state index in [1.165, 1.54) is 0 Å². The number of halogens is 2. The summed E-state index contributed by atoms with van der Waals surface area (Å²) in [6.07, 6.45) is -5.43. The van der Waals surface area contributed by atoms with Gasteiger partial charge in [0.2, 0.25) is 12.2 Å². The number of ether oxygens (including phenoxy) is 4. The van der Waals surface area contributed by atoms with Crippen molar-refractivity contribution in [3.8, 4) is 5.75 Å². The first-order valence-corrected chi connectivity index (χ1v) is 15.4. The van der Waals surface area contributed by atoms with Crippen molar-refractivity contribution in [3.05, 3.63) is 74.6 Å². The molecule has 2 aromatic rings. The molecule has 1 saturated carbocycles. The number of aliphatic hydroxyl groups excluding tert-OH is 4. The number of nitrogens with two attached hydrogens (primary N) is 1. The van der Waals surface area contributed by atoms with Gasteiger partial charge in [0, 0.05) is 15.6 Å². The van der Waals surface area contributed by atoms with Crippen LogP contribution in [0.15, 0.2) is 53.4 Å². The molecule has 0 aromatic heterocycles. The number of carbonyl (C=O) groups excluding carboxylic acids is 1. The van der Waals surface area contributed by atoms with Gasteiger partial charge in [-0.2, -0.15) is 0 Å². The summed E-state index contributed by atoms with van der Waals surface area (Å²) in [5.74, 6) is 0.0330. The van der Waals surface area contributed by atoms with Crippen LogP contribution in [0, 0.1) is 0 Å². The summed E-state index contributed by atoms with van der Waals surface area (Å²) in [4.78, 5) is 18.5. The molecule has 2 aromatic carbocycles. The van der Waals surface area contributed by atoms with Gasteiger partial charge in [-0.3, -0.25) is 15.1 Å². The molecular formula is C31H37Cl2N3O10. The molecule has 0 spiro atoms. The number of rotatable bonds is 10. The van der Waals surface area contributed by atoms with Crippen LogP contribution in [-0.4, -0.2) is 82.1 Å². The number of anilines is 1. The molecule has 15 heteroatoms. The van der Waals surface area contributed by atoms with Crippen LogP contribution in [0.3, 0.4) is 0 Å². The van der Waals surface area contributed by atoms with Crippen molar-refractivity contribution in [2.24, 2.45) is 0 Å². The van der Waals surface area contributed by atoms with Gasteiger partial charge in [0.25, 0.3) is 0 Å². The number of nitrogens with one attached hydrogen (secondary N) is 2. The Morgan fingerprint density at radius 2 is 1.80 bits per heavy atom. The zero-order valence-corrected chi connectivity index (χ0v) is 26.6. The highest BCUT2D eigenvalue weighted by Gasteiger charge is 2.53. The number of amides is 1. The topological polar surface area (TPSA) is 194 Å². The Labute approximate surface area is 275 Å². The molecular weight excluding hydrogens is 645 g/mol. The maximum atomic E-state index is 12.9. The number of allylic oxidation sites excluding steroid dienone is 1. The third kappa shape index (κ3) is 7.54. The minimum Gasteiger partial charge on any atom is -0.454 e. The number of nitrogen functional groups attached to an aromatic ring is 1. The molecule has 1 aliphatic carbocycles. The molecule has 0 radical (unpaired) electrons. The van der Waals surface area contributed by atoms with E-state index >= 15 is 0 Å². The lowest BCUT2D eigenvalue weighted by Crippen LogP contribution is -2.67. The second-order valence-electron chi connectivity index (χ2n) is 11.2. The number of benzene rings is 2. The third-order valence-electron chi connectivity index (χ3n) is 8.00. The van der Waals surface area contributed by atoms with Crippen LogP contribution in [0.5, 0.6) is 5.75 Å². The molecule has 46 heavy (non-hydrogen) atoms. The predicted molar refractivity (Wildman–Crippen MR) is 167 cm³/mol. The highest BCUT2D eigenvalue weighted by atomic mass is 35.5. The number of aliphatic hydroxyl groups is 4. The first-order valence-electron chi connectivity index (χ1n) is 14.7. The molecule has 0 bridgehead atoms. The molecule has 3 fully saturated rings. The molecule has 2 saturated heterocycles. The van der Waals surface area contributed by atoms with E-state index in [1.807, 2.05) is 6.92 Å². The van der Waals surface area contributed by atoms with E-state index in [2.05, 4.69) is 10.8 Å². The Morgan fingerprint density at radius 3 is 2.50 bits per heavy atom. The quantitative estimate of drug-likeness (QED) is 0.110. The van der Waals surface area contributed by atoms with Crippen LogP contribution < -0.4 is 21.3 Å². The van der Waals surface area contributed by atoms with Crippen molar-refractivity contribution >= 4 is 40.9 Å². The van der Waals surface area contributed by atoms with Gasteiger partial charge in [-0.05, 0) is 54.8 Å². The van der Waals surface area contributed by atoms with Crippen LogP contribution in [0.25, 0.3) is 6.08 Å². The van der Waals surface area contributed by atoms with Gasteiger partial charge < -0.3 is 50.4 Å². The summed E-state index contributed by atoms with van der Waals surface area (Å²) in [5, 5.41) is 45.7. The zero-order chi connectivity index (χ0) is 33.1. The summed E-state index contributed by atoms with van der Waals surface area (Å²) < 4.78 is 22.4. The maximum Gasteiger partial charge on any atom is 0.247 e. The van der Waals surface area contributed by atoms with Crippen molar-refractivity contribution in [3.63, 3.8) is 0 Å². The van der Waals surface area contributed by atoms with Crippen LogP contribution in [0.1, 0.15) is 37.8 Å². The fourth-order valence-corrected chi connectivity index (χ4v) is 5.94. The fraction of sp³-hybridized carbons (Fsp3) is 0.452. The molecule has 5 rings (SSSR count). The lowest BCUT2D eigenvalue weighted by molar-refractivity contribution is -0.155. The van der Waals surface area contributed by atoms with Crippen LogP contribution in [-0.2, 0) is 30.4 Å². The molecule has 8 N–H and O–H groups in total. The van der Waals surface area contributed by atoms with E-state index in [0.29, 0.717) is 33.5 Å². The van der Waals surface area contributed by atoms with Gasteiger partial charge in [0.05, 0.1) is 23.8 Å². The lowest BCUT2D eigenvalue weighted by Gasteiger charge is -2.41. The summed E-state index contributed by atoms with van der Waals surface area (Å²) in [6, 6.07) is 8.82. The van der Waals surface area contributed by atoms with E-state index in [9.17, 15) is 25.2 Å². The number of hydrogen-bond acceptors (Lipinski definition) is 12. The normalized spacial score (nSPS) is 30.4. The monoisotopic (exact) mass is 681 g/mol. The predicted octanol–water partition coefficient (Wildman–Crippen LogP) is 2.13. The number of carbonyl (C=O) groups is 1. The van der Waals surface area contributed by atoms with Crippen molar-refractivity contribution < 1.29 is 49.0 Å².